The summed E-state index contributed by atoms with van der Waals surface area (Å²) >= 11 is 0. The summed E-state index contributed by atoms with van der Waals surface area (Å²) in [7, 11) is -3.43. The molecule has 0 fully saturated rings. The molecule has 1 aromatic carbocycles. The largest absolute Gasteiger partial charge is 0.378 e. The Labute approximate surface area is 126 Å². The number of ether oxygens (including phenoxy) is 1. The molecule has 5 nitrogen and oxygen atoms in total. The van der Waals surface area contributed by atoms with Crippen molar-refractivity contribution in [3.63, 3.8) is 0 Å². The van der Waals surface area contributed by atoms with Crippen LogP contribution in [0.5, 0.6) is 0 Å². The number of rotatable bonds is 6. The van der Waals surface area contributed by atoms with Gasteiger partial charge in [0.05, 0.1) is 25.0 Å². The Morgan fingerprint density at radius 3 is 2.67 bits per heavy atom. The van der Waals surface area contributed by atoms with E-state index in [0.717, 1.165) is 11.1 Å². The zero-order valence-electron chi connectivity index (χ0n) is 12.6. The highest BCUT2D eigenvalue weighted by atomic mass is 32.2. The first-order chi connectivity index (χ1) is 9.82. The molecule has 0 bridgehead atoms. The molecular formula is C15H22N2O3S. The van der Waals surface area contributed by atoms with E-state index >= 15 is 0 Å². The van der Waals surface area contributed by atoms with Gasteiger partial charge in [0.1, 0.15) is 0 Å². The number of sulfonamides is 1. The molecule has 3 N–H and O–H groups in total. The molecule has 0 amide bonds. The maximum absolute atomic E-state index is 12.0. The third-order valence-corrected chi connectivity index (χ3v) is 3.74. The summed E-state index contributed by atoms with van der Waals surface area (Å²) in [5.41, 5.74) is 7.49. The summed E-state index contributed by atoms with van der Waals surface area (Å²) in [6, 6.07) is 5.33. The van der Waals surface area contributed by atoms with Gasteiger partial charge in [0, 0.05) is 11.3 Å². The minimum absolute atomic E-state index is 0.0114. The average Bonchev–Trinajstić information content (AvgIpc) is 2.34. The Bertz CT molecular complexity index is 628. The van der Waals surface area contributed by atoms with Crippen LogP contribution in [-0.4, -0.2) is 33.4 Å². The van der Waals surface area contributed by atoms with Crippen LogP contribution in [0, 0.1) is 18.8 Å². The Kier molecular flexibility index (Phi) is 6.69. The first-order valence-electron chi connectivity index (χ1n) is 6.75. The monoisotopic (exact) mass is 310 g/mol. The molecule has 0 aromatic heterocycles. The first-order valence-corrected chi connectivity index (χ1v) is 8.40. The van der Waals surface area contributed by atoms with Crippen LogP contribution in [0.3, 0.4) is 0 Å². The van der Waals surface area contributed by atoms with Gasteiger partial charge in [-0.3, -0.25) is 4.72 Å². The van der Waals surface area contributed by atoms with E-state index < -0.39 is 10.0 Å². The van der Waals surface area contributed by atoms with Crippen molar-refractivity contribution in [2.75, 3.05) is 23.6 Å². The lowest BCUT2D eigenvalue weighted by Crippen LogP contribution is -2.21. The molecule has 0 aliphatic carbocycles. The van der Waals surface area contributed by atoms with Crippen molar-refractivity contribution in [1.29, 1.82) is 0 Å². The van der Waals surface area contributed by atoms with Crippen LogP contribution >= 0.6 is 0 Å². The van der Waals surface area contributed by atoms with E-state index in [4.69, 9.17) is 10.5 Å². The molecule has 0 heterocycles. The van der Waals surface area contributed by atoms with Crippen molar-refractivity contribution in [2.24, 2.45) is 5.73 Å². The lowest BCUT2D eigenvalue weighted by molar-refractivity contribution is 0.0913. The van der Waals surface area contributed by atoms with E-state index in [1.54, 1.807) is 12.1 Å². The van der Waals surface area contributed by atoms with Crippen molar-refractivity contribution in [1.82, 2.24) is 0 Å². The fraction of sp³-hybridized carbons (Fsp3) is 0.467. The predicted octanol–water partition coefficient (Wildman–Crippen LogP) is 1.47. The number of hydrogen-bond acceptors (Lipinski definition) is 4. The van der Waals surface area contributed by atoms with Gasteiger partial charge in [-0.05, 0) is 44.5 Å². The van der Waals surface area contributed by atoms with Gasteiger partial charge in [-0.15, -0.1) is 0 Å². The van der Waals surface area contributed by atoms with E-state index in [0.29, 0.717) is 5.69 Å². The highest BCUT2D eigenvalue weighted by Gasteiger charge is 2.11. The standard InChI is InChI=1S/C15H22N2O3S/c1-12(2)20-7-8-21(18,19)17-15-10-13(3)9-14(11-15)5-4-6-16/h9-12,17H,6-8,16H2,1-3H3. The van der Waals surface area contributed by atoms with Crippen LogP contribution in [0.1, 0.15) is 25.0 Å². The van der Waals surface area contributed by atoms with Gasteiger partial charge in [-0.25, -0.2) is 8.42 Å². The number of aryl methyl sites for hydroxylation is 1. The quantitative estimate of drug-likeness (QED) is 0.780. The molecule has 0 saturated heterocycles. The molecule has 1 aromatic rings. The molecular weight excluding hydrogens is 288 g/mol. The molecule has 0 atom stereocenters. The Balaban J connectivity index is 2.79. The molecule has 21 heavy (non-hydrogen) atoms. The summed E-state index contributed by atoms with van der Waals surface area (Å²) in [6.07, 6.45) is 0.0114. The average molecular weight is 310 g/mol. The third-order valence-electron chi connectivity index (χ3n) is 2.49. The van der Waals surface area contributed by atoms with Gasteiger partial charge in [0.15, 0.2) is 0 Å². The van der Waals surface area contributed by atoms with Crippen molar-refractivity contribution in [2.45, 2.75) is 26.9 Å². The lowest BCUT2D eigenvalue weighted by atomic mass is 10.1. The Morgan fingerprint density at radius 1 is 1.33 bits per heavy atom. The summed E-state index contributed by atoms with van der Waals surface area (Å²) in [5.74, 6) is 5.56. The number of hydrogen-bond donors (Lipinski definition) is 2. The first kappa shape index (κ1) is 17.5. The predicted molar refractivity (Wildman–Crippen MR) is 85.6 cm³/mol. The number of nitrogens with one attached hydrogen (secondary N) is 1. The van der Waals surface area contributed by atoms with Gasteiger partial charge in [0.2, 0.25) is 10.0 Å². The lowest BCUT2D eigenvalue weighted by Gasteiger charge is -2.11. The van der Waals surface area contributed by atoms with Crippen molar-refractivity contribution in [3.8, 4) is 11.8 Å². The van der Waals surface area contributed by atoms with Crippen LogP contribution in [0.4, 0.5) is 5.69 Å². The van der Waals surface area contributed by atoms with Gasteiger partial charge in [-0.1, -0.05) is 11.8 Å². The molecule has 0 aliphatic rings. The molecule has 0 unspecified atom stereocenters. The second-order valence-electron chi connectivity index (χ2n) is 4.93. The Morgan fingerprint density at radius 2 is 2.05 bits per heavy atom. The second kappa shape index (κ2) is 8.03. The van der Waals surface area contributed by atoms with E-state index in [-0.39, 0.29) is 25.0 Å². The van der Waals surface area contributed by atoms with Crippen LogP contribution in [0.2, 0.25) is 0 Å². The SMILES string of the molecule is Cc1cc(C#CCN)cc(NS(=O)(=O)CCOC(C)C)c1. The van der Waals surface area contributed by atoms with Gasteiger partial charge >= 0.3 is 0 Å². The molecule has 116 valence electrons. The molecule has 0 saturated carbocycles. The summed E-state index contributed by atoms with van der Waals surface area (Å²) in [4.78, 5) is 0. The van der Waals surface area contributed by atoms with Gasteiger partial charge in [-0.2, -0.15) is 0 Å². The van der Waals surface area contributed by atoms with Crippen molar-refractivity contribution in [3.05, 3.63) is 29.3 Å². The van der Waals surface area contributed by atoms with Gasteiger partial charge < -0.3 is 10.5 Å². The minimum atomic E-state index is -3.43. The second-order valence-corrected chi connectivity index (χ2v) is 6.78. The van der Waals surface area contributed by atoms with E-state index in [9.17, 15) is 8.42 Å². The maximum atomic E-state index is 12.0. The van der Waals surface area contributed by atoms with Gasteiger partial charge in [0.25, 0.3) is 0 Å². The highest BCUT2D eigenvalue weighted by Crippen LogP contribution is 2.15. The van der Waals surface area contributed by atoms with Crippen LogP contribution in [0.15, 0.2) is 18.2 Å². The van der Waals surface area contributed by atoms with E-state index in [1.165, 1.54) is 0 Å². The van der Waals surface area contributed by atoms with E-state index in [2.05, 4.69) is 16.6 Å². The molecule has 0 aliphatic heterocycles. The maximum Gasteiger partial charge on any atom is 0.235 e. The summed E-state index contributed by atoms with van der Waals surface area (Å²) in [5, 5.41) is 0. The molecule has 0 radical (unpaired) electrons. The topological polar surface area (TPSA) is 81.4 Å². The van der Waals surface area contributed by atoms with Crippen LogP contribution in [0.25, 0.3) is 0 Å². The molecule has 6 heteroatoms. The highest BCUT2D eigenvalue weighted by molar-refractivity contribution is 7.92. The smallest absolute Gasteiger partial charge is 0.235 e. The fourth-order valence-corrected chi connectivity index (χ4v) is 2.59. The van der Waals surface area contributed by atoms with E-state index in [1.807, 2.05) is 26.8 Å². The number of benzene rings is 1. The normalized spacial score (nSPS) is 11.1. The van der Waals surface area contributed by atoms with Crippen molar-refractivity contribution < 1.29 is 13.2 Å². The molecule has 0 spiro atoms. The zero-order valence-corrected chi connectivity index (χ0v) is 13.5. The minimum Gasteiger partial charge on any atom is -0.378 e. The van der Waals surface area contributed by atoms with Crippen LogP contribution in [-0.2, 0) is 14.8 Å². The van der Waals surface area contributed by atoms with Crippen molar-refractivity contribution >= 4 is 15.7 Å². The summed E-state index contributed by atoms with van der Waals surface area (Å²) < 4.78 is 31.7. The fourth-order valence-electron chi connectivity index (χ4n) is 1.69. The Hall–Kier alpha value is -1.55. The third kappa shape index (κ3) is 7.14. The molecule has 1 rings (SSSR count). The van der Waals surface area contributed by atoms with Crippen LogP contribution < -0.4 is 10.5 Å². The number of nitrogens with two attached hydrogens (primary N) is 1. The summed E-state index contributed by atoms with van der Waals surface area (Å²) in [6.45, 7) is 6.04. The number of anilines is 1. The zero-order chi connectivity index (χ0) is 15.9.